The van der Waals surface area contributed by atoms with E-state index in [0.717, 1.165) is 30.7 Å². The Hall–Kier alpha value is -2.04. The van der Waals surface area contributed by atoms with Gasteiger partial charge in [-0.05, 0) is 31.4 Å². The average Bonchev–Trinajstić information content (AvgIpc) is 2.66. The van der Waals surface area contributed by atoms with Gasteiger partial charge in [-0.1, -0.05) is 6.07 Å². The van der Waals surface area contributed by atoms with Crippen LogP contribution in [0.15, 0.2) is 24.3 Å². The van der Waals surface area contributed by atoms with Gasteiger partial charge in [-0.15, -0.1) is 0 Å². The van der Waals surface area contributed by atoms with Crippen molar-refractivity contribution >= 4 is 17.5 Å². The molecule has 1 aromatic carbocycles. The highest BCUT2D eigenvalue weighted by atomic mass is 16.5. The molecule has 1 unspecified atom stereocenters. The number of piperidine rings is 1. The van der Waals surface area contributed by atoms with E-state index < -0.39 is 0 Å². The number of nitrogens with zero attached hydrogens (tertiary/aromatic N) is 2. The second-order valence-corrected chi connectivity index (χ2v) is 5.54. The number of benzene rings is 1. The summed E-state index contributed by atoms with van der Waals surface area (Å²) in [6.07, 6.45) is 3.16. The molecule has 2 aliphatic heterocycles. The van der Waals surface area contributed by atoms with Crippen LogP contribution in [0.2, 0.25) is 0 Å². The molecule has 0 aromatic heterocycles. The van der Waals surface area contributed by atoms with Crippen molar-refractivity contribution < 1.29 is 14.3 Å². The lowest BCUT2D eigenvalue weighted by Gasteiger charge is -2.34. The summed E-state index contributed by atoms with van der Waals surface area (Å²) >= 11 is 0. The summed E-state index contributed by atoms with van der Waals surface area (Å²) in [6, 6.07) is 7.17. The van der Waals surface area contributed by atoms with Gasteiger partial charge in [-0.3, -0.25) is 9.59 Å². The van der Waals surface area contributed by atoms with E-state index >= 15 is 0 Å². The Bertz CT molecular complexity index is 558. The van der Waals surface area contributed by atoms with Gasteiger partial charge in [0.25, 0.3) is 0 Å². The molecule has 2 aliphatic rings. The van der Waals surface area contributed by atoms with Crippen LogP contribution >= 0.6 is 0 Å². The van der Waals surface area contributed by atoms with Crippen LogP contribution in [-0.4, -0.2) is 43.0 Å². The summed E-state index contributed by atoms with van der Waals surface area (Å²) in [5, 5.41) is 0. The molecule has 0 bridgehead atoms. The quantitative estimate of drug-likeness (QED) is 0.834. The number of carbonyl (C=O) groups is 2. The summed E-state index contributed by atoms with van der Waals surface area (Å²) < 4.78 is 5.22. The summed E-state index contributed by atoms with van der Waals surface area (Å²) in [6.45, 7) is 1.15. The number of rotatable bonds is 2. The van der Waals surface area contributed by atoms with E-state index in [1.165, 1.54) is 0 Å². The number of anilines is 1. The molecule has 0 N–H and O–H groups in total. The second kappa shape index (κ2) is 5.76. The number of hydrogen-bond donors (Lipinski definition) is 0. The number of fused-ring (bicyclic) bond motifs is 1. The van der Waals surface area contributed by atoms with Crippen molar-refractivity contribution in [3.8, 4) is 5.75 Å². The highest BCUT2D eigenvalue weighted by molar-refractivity contribution is 6.01. The third kappa shape index (κ3) is 2.60. The Morgan fingerprint density at radius 1 is 1.19 bits per heavy atom. The molecule has 0 saturated carbocycles. The third-order valence-corrected chi connectivity index (χ3v) is 4.29. The highest BCUT2D eigenvalue weighted by Gasteiger charge is 2.38. The Morgan fingerprint density at radius 2 is 2.05 bits per heavy atom. The third-order valence-electron chi connectivity index (χ3n) is 4.29. The van der Waals surface area contributed by atoms with Gasteiger partial charge in [0.15, 0.2) is 0 Å². The minimum absolute atomic E-state index is 0.0359. The van der Waals surface area contributed by atoms with Crippen molar-refractivity contribution in [3.05, 3.63) is 24.3 Å². The normalized spacial score (nSPS) is 22.8. The first-order valence-corrected chi connectivity index (χ1v) is 7.45. The maximum absolute atomic E-state index is 12.8. The van der Waals surface area contributed by atoms with Crippen LogP contribution in [0.1, 0.15) is 25.7 Å². The molecule has 2 fully saturated rings. The van der Waals surface area contributed by atoms with Crippen LogP contribution < -0.4 is 9.64 Å². The SMILES string of the molecule is COc1cccc(N2CCC(=O)N3CCCCC3C2=O)c1. The zero-order valence-electron chi connectivity index (χ0n) is 12.2. The lowest BCUT2D eigenvalue weighted by Crippen LogP contribution is -2.49. The molecule has 2 heterocycles. The van der Waals surface area contributed by atoms with Crippen LogP contribution in [-0.2, 0) is 9.59 Å². The van der Waals surface area contributed by atoms with Gasteiger partial charge in [0.1, 0.15) is 11.8 Å². The number of carbonyl (C=O) groups excluding carboxylic acids is 2. The van der Waals surface area contributed by atoms with Crippen LogP contribution in [0.3, 0.4) is 0 Å². The summed E-state index contributed by atoms with van der Waals surface area (Å²) in [7, 11) is 1.61. The maximum Gasteiger partial charge on any atom is 0.249 e. The van der Waals surface area contributed by atoms with Crippen molar-refractivity contribution in [1.29, 1.82) is 0 Å². The number of ether oxygens (including phenoxy) is 1. The number of amides is 2. The molecular formula is C16H20N2O3. The summed E-state index contributed by atoms with van der Waals surface area (Å²) in [5.41, 5.74) is 0.805. The lowest BCUT2D eigenvalue weighted by molar-refractivity contribution is -0.138. The van der Waals surface area contributed by atoms with E-state index in [0.29, 0.717) is 19.5 Å². The Balaban J connectivity index is 1.91. The van der Waals surface area contributed by atoms with Crippen molar-refractivity contribution in [2.24, 2.45) is 0 Å². The van der Waals surface area contributed by atoms with Gasteiger partial charge in [-0.25, -0.2) is 0 Å². The van der Waals surface area contributed by atoms with Crippen molar-refractivity contribution in [2.45, 2.75) is 31.7 Å². The van der Waals surface area contributed by atoms with Gasteiger partial charge < -0.3 is 14.5 Å². The standard InChI is InChI=1S/C16H20N2O3/c1-21-13-6-4-5-12(11-13)17-10-8-15(19)18-9-3-2-7-14(18)16(17)20/h4-6,11,14H,2-3,7-10H2,1H3. The second-order valence-electron chi connectivity index (χ2n) is 5.54. The van der Waals surface area contributed by atoms with E-state index in [4.69, 9.17) is 4.74 Å². The van der Waals surface area contributed by atoms with Gasteiger partial charge in [0.2, 0.25) is 11.8 Å². The average molecular weight is 288 g/mol. The van der Waals surface area contributed by atoms with Gasteiger partial charge in [-0.2, -0.15) is 0 Å². The predicted octanol–water partition coefficient (Wildman–Crippen LogP) is 1.81. The summed E-state index contributed by atoms with van der Waals surface area (Å²) in [4.78, 5) is 28.5. The summed E-state index contributed by atoms with van der Waals surface area (Å²) in [5.74, 6) is 0.851. The van der Waals surface area contributed by atoms with Crippen molar-refractivity contribution in [2.75, 3.05) is 25.1 Å². The Labute approximate surface area is 124 Å². The van der Waals surface area contributed by atoms with E-state index in [1.807, 2.05) is 24.3 Å². The van der Waals surface area contributed by atoms with Gasteiger partial charge in [0, 0.05) is 31.3 Å². The van der Waals surface area contributed by atoms with Gasteiger partial charge >= 0.3 is 0 Å². The monoisotopic (exact) mass is 288 g/mol. The first-order valence-electron chi connectivity index (χ1n) is 7.45. The van der Waals surface area contributed by atoms with E-state index in [9.17, 15) is 9.59 Å². The van der Waals surface area contributed by atoms with E-state index in [-0.39, 0.29) is 17.9 Å². The maximum atomic E-state index is 12.8. The molecule has 0 spiro atoms. The van der Waals surface area contributed by atoms with Crippen LogP contribution in [0.4, 0.5) is 5.69 Å². The molecule has 112 valence electrons. The molecule has 5 heteroatoms. The minimum Gasteiger partial charge on any atom is -0.497 e. The Morgan fingerprint density at radius 3 is 2.86 bits per heavy atom. The van der Waals surface area contributed by atoms with Gasteiger partial charge in [0.05, 0.1) is 7.11 Å². The molecule has 0 aliphatic carbocycles. The Kier molecular flexibility index (Phi) is 3.82. The fraction of sp³-hybridized carbons (Fsp3) is 0.500. The van der Waals surface area contributed by atoms with Crippen molar-refractivity contribution in [1.82, 2.24) is 4.90 Å². The van der Waals surface area contributed by atoms with Crippen molar-refractivity contribution in [3.63, 3.8) is 0 Å². The minimum atomic E-state index is -0.292. The largest absolute Gasteiger partial charge is 0.497 e. The van der Waals surface area contributed by atoms with Crippen LogP contribution in [0.25, 0.3) is 0 Å². The van der Waals surface area contributed by atoms with Crippen LogP contribution in [0, 0.1) is 0 Å². The smallest absolute Gasteiger partial charge is 0.249 e. The molecule has 1 atom stereocenters. The molecular weight excluding hydrogens is 268 g/mol. The number of methoxy groups -OCH3 is 1. The fourth-order valence-corrected chi connectivity index (χ4v) is 3.16. The molecule has 5 nitrogen and oxygen atoms in total. The molecule has 21 heavy (non-hydrogen) atoms. The zero-order chi connectivity index (χ0) is 14.8. The fourth-order valence-electron chi connectivity index (χ4n) is 3.16. The lowest BCUT2D eigenvalue weighted by atomic mass is 10.0. The van der Waals surface area contributed by atoms with Crippen LogP contribution in [0.5, 0.6) is 5.75 Å². The predicted molar refractivity (Wildman–Crippen MR) is 79.3 cm³/mol. The topological polar surface area (TPSA) is 49.9 Å². The molecule has 2 amide bonds. The first kappa shape index (κ1) is 13.9. The molecule has 1 aromatic rings. The van der Waals surface area contributed by atoms with E-state index in [2.05, 4.69) is 0 Å². The molecule has 2 saturated heterocycles. The highest BCUT2D eigenvalue weighted by Crippen LogP contribution is 2.28. The zero-order valence-corrected chi connectivity index (χ0v) is 12.2. The molecule has 0 radical (unpaired) electrons. The van der Waals surface area contributed by atoms with E-state index in [1.54, 1.807) is 16.9 Å². The number of hydrogen-bond acceptors (Lipinski definition) is 3. The first-order chi connectivity index (χ1) is 10.2. The molecule has 3 rings (SSSR count).